The second-order valence-electron chi connectivity index (χ2n) is 14.4. The fourth-order valence-corrected chi connectivity index (χ4v) is 8.43. The summed E-state index contributed by atoms with van der Waals surface area (Å²) in [5.41, 5.74) is 10.2. The van der Waals surface area contributed by atoms with Crippen molar-refractivity contribution in [2.24, 2.45) is 0 Å². The Morgan fingerprint density at radius 3 is 0.446 bits per heavy atom. The molecule has 0 N–H and O–H groups in total. The van der Waals surface area contributed by atoms with Crippen LogP contribution < -0.4 is 0 Å². The third-order valence-electron chi connectivity index (χ3n) is 10.9. The van der Waals surface area contributed by atoms with Gasteiger partial charge in [-0.05, 0) is 44.5 Å². The molecule has 2 heteroatoms. The zero-order valence-electron chi connectivity index (χ0n) is 31.7. The summed E-state index contributed by atoms with van der Waals surface area (Å²) in [6, 6.07) is 88.4. The predicted molar refractivity (Wildman–Crippen MR) is 232 cm³/mol. The van der Waals surface area contributed by atoms with Crippen LogP contribution in [0.5, 0.6) is 0 Å². The van der Waals surface area contributed by atoms with Crippen LogP contribution in [0.3, 0.4) is 0 Å². The normalized spacial score (nSPS) is 11.6. The number of hydrogen-bond acceptors (Lipinski definition) is 2. The summed E-state index contributed by atoms with van der Waals surface area (Å²) in [5, 5.41) is 0. The average Bonchev–Trinajstić information content (AvgIpc) is 3.28. The molecule has 0 unspecified atom stereocenters. The van der Waals surface area contributed by atoms with Gasteiger partial charge in [-0.2, -0.15) is 0 Å². The lowest BCUT2D eigenvalue weighted by Crippen LogP contribution is -2.43. The van der Waals surface area contributed by atoms with Gasteiger partial charge in [-0.3, -0.25) is 9.80 Å². The maximum Gasteiger partial charge on any atom is 0.0610 e. The predicted octanol–water partition coefficient (Wildman–Crippen LogP) is 12.7. The first-order valence-corrected chi connectivity index (χ1v) is 19.8. The van der Waals surface area contributed by atoms with Crippen LogP contribution in [0, 0.1) is 0 Å². The van der Waals surface area contributed by atoms with Crippen LogP contribution in [-0.2, 0) is 0 Å². The zero-order chi connectivity index (χ0) is 37.8. The van der Waals surface area contributed by atoms with Crippen molar-refractivity contribution in [3.05, 3.63) is 287 Å². The van der Waals surface area contributed by atoms with E-state index in [2.05, 4.69) is 252 Å². The molecule has 0 fully saturated rings. The second-order valence-corrected chi connectivity index (χ2v) is 14.4. The van der Waals surface area contributed by atoms with Crippen molar-refractivity contribution in [3.63, 3.8) is 0 Å². The highest BCUT2D eigenvalue weighted by atomic mass is 15.3. The Kier molecular flexibility index (Phi) is 12.0. The van der Waals surface area contributed by atoms with Crippen LogP contribution in [-0.4, -0.2) is 22.9 Å². The Bertz CT molecular complexity index is 1810. The third kappa shape index (κ3) is 8.48. The summed E-state index contributed by atoms with van der Waals surface area (Å²) in [5.74, 6) is 0. The Balaban J connectivity index is 1.35. The summed E-state index contributed by atoms with van der Waals surface area (Å²) in [6.45, 7) is 1.55. The van der Waals surface area contributed by atoms with Crippen molar-refractivity contribution in [2.75, 3.05) is 13.1 Å². The van der Waals surface area contributed by atoms with E-state index in [1.54, 1.807) is 0 Å². The fourth-order valence-electron chi connectivity index (χ4n) is 8.43. The van der Waals surface area contributed by atoms with Gasteiger partial charge in [0.05, 0.1) is 24.2 Å². The first-order chi connectivity index (χ1) is 27.8. The van der Waals surface area contributed by atoms with Crippen molar-refractivity contribution in [1.29, 1.82) is 0 Å². The molecule has 0 aliphatic heterocycles. The molecule has 0 aromatic heterocycles. The lowest BCUT2D eigenvalue weighted by Gasteiger charge is -2.44. The summed E-state index contributed by atoms with van der Waals surface area (Å²) in [6.07, 6.45) is 0. The molecule has 0 amide bonds. The van der Waals surface area contributed by atoms with Gasteiger partial charge >= 0.3 is 0 Å². The summed E-state index contributed by atoms with van der Waals surface area (Å²) in [7, 11) is 0. The first kappa shape index (κ1) is 36.6. The van der Waals surface area contributed by atoms with Crippen LogP contribution in [0.25, 0.3) is 0 Å². The molecule has 0 heterocycles. The van der Waals surface area contributed by atoms with E-state index in [9.17, 15) is 0 Å². The molecule has 2 nitrogen and oxygen atoms in total. The van der Waals surface area contributed by atoms with Gasteiger partial charge in [0.15, 0.2) is 0 Å². The van der Waals surface area contributed by atoms with Crippen LogP contribution in [0.2, 0.25) is 0 Å². The number of benzene rings is 8. The largest absolute Gasteiger partial charge is 0.280 e. The molecule has 274 valence electrons. The van der Waals surface area contributed by atoms with Gasteiger partial charge in [-0.1, -0.05) is 243 Å². The Morgan fingerprint density at radius 1 is 0.196 bits per heavy atom. The number of hydrogen-bond donors (Lipinski definition) is 0. The van der Waals surface area contributed by atoms with E-state index in [-0.39, 0.29) is 24.2 Å². The summed E-state index contributed by atoms with van der Waals surface area (Å²) >= 11 is 0. The Hall–Kier alpha value is -6.32. The second kappa shape index (κ2) is 18.3. The van der Waals surface area contributed by atoms with Gasteiger partial charge in [-0.25, -0.2) is 0 Å². The Morgan fingerprint density at radius 2 is 0.321 bits per heavy atom. The van der Waals surface area contributed by atoms with Crippen molar-refractivity contribution in [2.45, 2.75) is 24.2 Å². The lowest BCUT2D eigenvalue weighted by atomic mass is 9.89. The summed E-state index contributed by atoms with van der Waals surface area (Å²) in [4.78, 5) is 5.50. The lowest BCUT2D eigenvalue weighted by molar-refractivity contribution is 0.114. The van der Waals surface area contributed by atoms with Crippen LogP contribution >= 0.6 is 0 Å². The minimum atomic E-state index is -0.0246. The molecule has 0 radical (unpaired) electrons. The Labute approximate surface area is 333 Å². The molecule has 0 bridgehead atoms. The van der Waals surface area contributed by atoms with Gasteiger partial charge in [0.1, 0.15) is 0 Å². The zero-order valence-corrected chi connectivity index (χ0v) is 31.7. The standard InChI is InChI=1S/C54H48N2/c1-9-25-43(26-10-1)51(44-27-11-2-12-28-44)55(52(45-29-13-3-14-30-45)46-31-15-4-16-32-46)41-42-56(53(47-33-17-5-18-34-47)48-35-19-6-20-36-48)54(49-37-21-7-22-38-49)50-39-23-8-24-40-50/h1-40,51-54H,41-42H2. The van der Waals surface area contributed by atoms with Gasteiger partial charge in [0.2, 0.25) is 0 Å². The maximum atomic E-state index is 2.75. The number of nitrogens with zero attached hydrogens (tertiary/aromatic N) is 2. The van der Waals surface area contributed by atoms with Crippen LogP contribution in [0.4, 0.5) is 0 Å². The van der Waals surface area contributed by atoms with Gasteiger partial charge in [0, 0.05) is 13.1 Å². The third-order valence-corrected chi connectivity index (χ3v) is 10.9. The van der Waals surface area contributed by atoms with E-state index in [4.69, 9.17) is 0 Å². The highest BCUT2D eigenvalue weighted by Crippen LogP contribution is 2.42. The minimum Gasteiger partial charge on any atom is -0.280 e. The van der Waals surface area contributed by atoms with Gasteiger partial charge < -0.3 is 0 Å². The van der Waals surface area contributed by atoms with E-state index in [1.165, 1.54) is 44.5 Å². The molecule has 0 atom stereocenters. The fraction of sp³-hybridized carbons (Fsp3) is 0.111. The molecular formula is C54H48N2. The highest BCUT2D eigenvalue weighted by molar-refractivity contribution is 5.40. The SMILES string of the molecule is c1ccc(C(c2ccccc2)N(CCN(C(c2ccccc2)c2ccccc2)C(c2ccccc2)c2ccccc2)C(c2ccccc2)c2ccccc2)cc1. The van der Waals surface area contributed by atoms with E-state index in [1.807, 2.05) is 0 Å². The highest BCUT2D eigenvalue weighted by Gasteiger charge is 2.35. The van der Waals surface area contributed by atoms with Gasteiger partial charge in [-0.15, -0.1) is 0 Å². The summed E-state index contributed by atoms with van der Waals surface area (Å²) < 4.78 is 0. The van der Waals surface area contributed by atoms with Gasteiger partial charge in [0.25, 0.3) is 0 Å². The van der Waals surface area contributed by atoms with Crippen molar-refractivity contribution < 1.29 is 0 Å². The molecule has 56 heavy (non-hydrogen) atoms. The molecule has 8 aromatic rings. The molecule has 0 saturated heterocycles. The van der Waals surface area contributed by atoms with Crippen molar-refractivity contribution >= 4 is 0 Å². The topological polar surface area (TPSA) is 6.48 Å². The molecule has 0 spiro atoms. The monoisotopic (exact) mass is 724 g/mol. The smallest absolute Gasteiger partial charge is 0.0610 e. The van der Waals surface area contributed by atoms with Crippen LogP contribution in [0.15, 0.2) is 243 Å². The van der Waals surface area contributed by atoms with Crippen molar-refractivity contribution in [3.8, 4) is 0 Å². The molecule has 0 saturated carbocycles. The first-order valence-electron chi connectivity index (χ1n) is 19.8. The molecule has 8 rings (SSSR count). The molecular weight excluding hydrogens is 677 g/mol. The van der Waals surface area contributed by atoms with Crippen molar-refractivity contribution in [1.82, 2.24) is 9.80 Å². The van der Waals surface area contributed by atoms with E-state index < -0.39 is 0 Å². The minimum absolute atomic E-state index is 0.0246. The van der Waals surface area contributed by atoms with E-state index in [0.29, 0.717) is 0 Å². The maximum absolute atomic E-state index is 2.75. The molecule has 0 aliphatic carbocycles. The van der Waals surface area contributed by atoms with E-state index in [0.717, 1.165) is 13.1 Å². The quantitative estimate of drug-likeness (QED) is 0.104. The molecule has 8 aromatic carbocycles. The van der Waals surface area contributed by atoms with E-state index >= 15 is 0 Å². The number of rotatable bonds is 15. The average molecular weight is 725 g/mol. The van der Waals surface area contributed by atoms with Crippen LogP contribution in [0.1, 0.15) is 68.7 Å². The molecule has 0 aliphatic rings.